The molecule has 21 heavy (non-hydrogen) atoms. The van der Waals surface area contributed by atoms with Crippen molar-refractivity contribution in [3.05, 3.63) is 33.9 Å². The quantitative estimate of drug-likeness (QED) is 0.685. The van der Waals surface area contributed by atoms with Crippen molar-refractivity contribution in [2.75, 3.05) is 18.0 Å². The first-order chi connectivity index (χ1) is 9.69. The zero-order chi connectivity index (χ0) is 15.8. The third-order valence-electron chi connectivity index (χ3n) is 3.59. The van der Waals surface area contributed by atoms with Gasteiger partial charge in [-0.25, -0.2) is 0 Å². The van der Waals surface area contributed by atoms with Crippen LogP contribution in [0.4, 0.5) is 11.4 Å². The summed E-state index contributed by atoms with van der Waals surface area (Å²) in [6.45, 7) is 8.71. The molecule has 0 radical (unpaired) electrons. The van der Waals surface area contributed by atoms with Crippen LogP contribution < -0.4 is 4.90 Å². The fourth-order valence-corrected chi connectivity index (χ4v) is 2.85. The van der Waals surface area contributed by atoms with E-state index in [0.717, 1.165) is 0 Å². The predicted octanol–water partition coefficient (Wildman–Crippen LogP) is 2.65. The summed E-state index contributed by atoms with van der Waals surface area (Å²) in [7, 11) is 0. The van der Waals surface area contributed by atoms with Crippen LogP contribution in [0.3, 0.4) is 0 Å². The zero-order valence-corrected chi connectivity index (χ0v) is 12.9. The molecule has 2 unspecified atom stereocenters. The SMILES string of the molecule is CC1CN(c2ccc(C(C)O)cc2[N+](=O)[O-])CC(C)(C)O1. The summed E-state index contributed by atoms with van der Waals surface area (Å²) in [5.41, 5.74) is 0.797. The first-order valence-corrected chi connectivity index (χ1v) is 7.09. The highest BCUT2D eigenvalue weighted by Gasteiger charge is 2.34. The summed E-state index contributed by atoms with van der Waals surface area (Å²) in [6.07, 6.45) is -0.720. The van der Waals surface area contributed by atoms with Gasteiger partial charge in [0.2, 0.25) is 0 Å². The number of benzene rings is 1. The van der Waals surface area contributed by atoms with E-state index in [-0.39, 0.29) is 17.4 Å². The second-order valence-electron chi connectivity index (χ2n) is 6.25. The Balaban J connectivity index is 2.41. The average Bonchev–Trinajstić information content (AvgIpc) is 2.35. The number of nitrogens with zero attached hydrogens (tertiary/aromatic N) is 2. The van der Waals surface area contributed by atoms with Gasteiger partial charge in [-0.15, -0.1) is 0 Å². The molecular weight excluding hydrogens is 272 g/mol. The second kappa shape index (κ2) is 5.61. The van der Waals surface area contributed by atoms with Crippen molar-refractivity contribution < 1.29 is 14.8 Å². The van der Waals surface area contributed by atoms with E-state index < -0.39 is 11.0 Å². The standard InChI is InChI=1S/C15H22N2O4/c1-10-8-16(9-15(3,4)21-10)13-6-5-12(11(2)18)7-14(13)17(19)20/h5-7,10-11,18H,8-9H2,1-4H3. The molecule has 0 aromatic heterocycles. The van der Waals surface area contributed by atoms with Gasteiger partial charge >= 0.3 is 0 Å². The number of hydrogen-bond donors (Lipinski definition) is 1. The van der Waals surface area contributed by atoms with E-state index in [4.69, 9.17) is 4.74 Å². The van der Waals surface area contributed by atoms with E-state index in [0.29, 0.717) is 24.3 Å². The monoisotopic (exact) mass is 294 g/mol. The van der Waals surface area contributed by atoms with Gasteiger partial charge in [0.1, 0.15) is 5.69 Å². The minimum Gasteiger partial charge on any atom is -0.389 e. The summed E-state index contributed by atoms with van der Waals surface area (Å²) in [6, 6.07) is 4.90. The lowest BCUT2D eigenvalue weighted by atomic mass is 10.0. The molecule has 0 aliphatic carbocycles. The summed E-state index contributed by atoms with van der Waals surface area (Å²) >= 11 is 0. The van der Waals surface area contributed by atoms with E-state index in [2.05, 4.69) is 0 Å². The number of aliphatic hydroxyl groups is 1. The molecule has 1 fully saturated rings. The highest BCUT2D eigenvalue weighted by molar-refractivity contribution is 5.65. The third-order valence-corrected chi connectivity index (χ3v) is 3.59. The molecule has 116 valence electrons. The Morgan fingerprint density at radius 2 is 2.19 bits per heavy atom. The molecule has 0 spiro atoms. The Labute approximate surface area is 124 Å². The minimum absolute atomic E-state index is 0.00444. The van der Waals surface area contributed by atoms with Crippen LogP contribution in [0.2, 0.25) is 0 Å². The second-order valence-corrected chi connectivity index (χ2v) is 6.25. The molecule has 2 atom stereocenters. The van der Waals surface area contributed by atoms with E-state index in [1.165, 1.54) is 6.07 Å². The Kier molecular flexibility index (Phi) is 4.20. The molecule has 1 heterocycles. The highest BCUT2D eigenvalue weighted by atomic mass is 16.6. The minimum atomic E-state index is -0.724. The van der Waals surface area contributed by atoms with Gasteiger partial charge < -0.3 is 14.7 Å². The van der Waals surface area contributed by atoms with Crippen molar-refractivity contribution >= 4 is 11.4 Å². The maximum Gasteiger partial charge on any atom is 0.292 e. The maximum atomic E-state index is 11.3. The van der Waals surface area contributed by atoms with Gasteiger partial charge in [-0.3, -0.25) is 10.1 Å². The summed E-state index contributed by atoms with van der Waals surface area (Å²) in [5, 5.41) is 20.9. The number of rotatable bonds is 3. The number of nitro groups is 1. The molecule has 1 aromatic rings. The van der Waals surface area contributed by atoms with Crippen LogP contribution in [-0.2, 0) is 4.74 Å². The number of ether oxygens (including phenoxy) is 1. The molecule has 2 rings (SSSR count). The molecule has 1 saturated heterocycles. The third kappa shape index (κ3) is 3.51. The van der Waals surface area contributed by atoms with Gasteiger partial charge in [0, 0.05) is 19.2 Å². The number of aliphatic hydroxyl groups excluding tert-OH is 1. The van der Waals surface area contributed by atoms with E-state index in [9.17, 15) is 15.2 Å². The number of hydrogen-bond acceptors (Lipinski definition) is 5. The number of nitro benzene ring substituents is 1. The van der Waals surface area contributed by atoms with Crippen molar-refractivity contribution in [2.45, 2.75) is 45.5 Å². The lowest BCUT2D eigenvalue weighted by Crippen LogP contribution is -2.52. The fraction of sp³-hybridized carbons (Fsp3) is 0.600. The van der Waals surface area contributed by atoms with Crippen LogP contribution in [-0.4, -0.2) is 34.8 Å². The van der Waals surface area contributed by atoms with Crippen LogP contribution >= 0.6 is 0 Å². The molecule has 6 nitrogen and oxygen atoms in total. The molecule has 1 aromatic carbocycles. The van der Waals surface area contributed by atoms with Gasteiger partial charge in [-0.1, -0.05) is 6.07 Å². The normalized spacial score (nSPS) is 22.9. The largest absolute Gasteiger partial charge is 0.389 e. The first-order valence-electron chi connectivity index (χ1n) is 7.09. The molecule has 1 N–H and O–H groups in total. The van der Waals surface area contributed by atoms with Crippen molar-refractivity contribution in [1.82, 2.24) is 0 Å². The molecule has 0 saturated carbocycles. The van der Waals surface area contributed by atoms with Crippen LogP contribution in [0.1, 0.15) is 39.4 Å². The molecule has 6 heteroatoms. The van der Waals surface area contributed by atoms with Crippen LogP contribution in [0.15, 0.2) is 18.2 Å². The number of morpholine rings is 1. The van der Waals surface area contributed by atoms with Gasteiger partial charge in [0.15, 0.2) is 0 Å². The van der Waals surface area contributed by atoms with Crippen LogP contribution in [0, 0.1) is 10.1 Å². The number of anilines is 1. The Morgan fingerprint density at radius 3 is 2.71 bits per heavy atom. The molecule has 1 aliphatic rings. The van der Waals surface area contributed by atoms with E-state index >= 15 is 0 Å². The average molecular weight is 294 g/mol. The van der Waals surface area contributed by atoms with Gasteiger partial charge in [-0.2, -0.15) is 0 Å². The summed E-state index contributed by atoms with van der Waals surface area (Å²) in [5.74, 6) is 0. The van der Waals surface area contributed by atoms with Crippen molar-refractivity contribution in [3.8, 4) is 0 Å². The Bertz CT molecular complexity index is 542. The van der Waals surface area contributed by atoms with Crippen molar-refractivity contribution in [3.63, 3.8) is 0 Å². The topological polar surface area (TPSA) is 75.8 Å². The van der Waals surface area contributed by atoms with E-state index in [1.807, 2.05) is 25.7 Å². The molecule has 1 aliphatic heterocycles. The lowest BCUT2D eigenvalue weighted by molar-refractivity contribution is -0.384. The molecule has 0 bridgehead atoms. The van der Waals surface area contributed by atoms with Crippen molar-refractivity contribution in [1.29, 1.82) is 0 Å². The predicted molar refractivity (Wildman–Crippen MR) is 80.6 cm³/mol. The van der Waals surface area contributed by atoms with E-state index in [1.54, 1.807) is 19.1 Å². The van der Waals surface area contributed by atoms with Crippen LogP contribution in [0.5, 0.6) is 0 Å². The van der Waals surface area contributed by atoms with Crippen molar-refractivity contribution in [2.24, 2.45) is 0 Å². The Morgan fingerprint density at radius 1 is 1.52 bits per heavy atom. The van der Waals surface area contributed by atoms with Gasteiger partial charge in [0.05, 0.1) is 22.7 Å². The van der Waals surface area contributed by atoms with Gasteiger partial charge in [0.25, 0.3) is 5.69 Å². The first kappa shape index (κ1) is 15.7. The van der Waals surface area contributed by atoms with Gasteiger partial charge in [-0.05, 0) is 39.3 Å². The lowest BCUT2D eigenvalue weighted by Gasteiger charge is -2.42. The summed E-state index contributed by atoms with van der Waals surface area (Å²) in [4.78, 5) is 12.9. The summed E-state index contributed by atoms with van der Waals surface area (Å²) < 4.78 is 5.84. The zero-order valence-electron chi connectivity index (χ0n) is 12.9. The molecule has 0 amide bonds. The van der Waals surface area contributed by atoms with Crippen LogP contribution in [0.25, 0.3) is 0 Å². The Hall–Kier alpha value is -1.66. The maximum absolute atomic E-state index is 11.3. The highest BCUT2D eigenvalue weighted by Crippen LogP contribution is 2.34. The molecular formula is C15H22N2O4. The fourth-order valence-electron chi connectivity index (χ4n) is 2.85. The smallest absolute Gasteiger partial charge is 0.292 e.